The first-order valence-electron chi connectivity index (χ1n) is 7.55. The van der Waals surface area contributed by atoms with E-state index in [0.29, 0.717) is 12.0 Å². The number of hydrogen-bond acceptors (Lipinski definition) is 7. The van der Waals surface area contributed by atoms with Crippen molar-refractivity contribution in [3.8, 4) is 0 Å². The van der Waals surface area contributed by atoms with Crippen molar-refractivity contribution in [2.45, 2.75) is 53.4 Å². The average molecular weight is 357 g/mol. The van der Waals surface area contributed by atoms with Crippen LogP contribution >= 0.6 is 0 Å². The number of carbonyl (C=O) groups is 2. The fourth-order valence-corrected chi connectivity index (χ4v) is 1.69. The Morgan fingerprint density at radius 1 is 1.40 bits per heavy atom. The molecule has 0 N–H and O–H groups in total. The molecule has 0 aliphatic carbocycles. The lowest BCUT2D eigenvalue weighted by Gasteiger charge is -2.09. The van der Waals surface area contributed by atoms with Crippen LogP contribution < -0.4 is 4.57 Å². The first-order chi connectivity index (χ1) is 11.4. The fourth-order valence-electron chi connectivity index (χ4n) is 1.69. The molecule has 0 saturated heterocycles. The van der Waals surface area contributed by atoms with Crippen molar-refractivity contribution in [1.82, 2.24) is 0 Å². The Morgan fingerprint density at radius 3 is 2.76 bits per heavy atom. The molecule has 0 aliphatic heterocycles. The normalized spacial score (nSPS) is 11.0. The lowest BCUT2D eigenvalue weighted by atomic mass is 10.1. The van der Waals surface area contributed by atoms with Gasteiger partial charge in [0.1, 0.15) is 6.10 Å². The van der Waals surface area contributed by atoms with E-state index in [2.05, 4.69) is 4.84 Å². The summed E-state index contributed by atoms with van der Waals surface area (Å²) < 4.78 is 11.5. The molecule has 25 heavy (non-hydrogen) atoms. The Morgan fingerprint density at radius 2 is 2.12 bits per heavy atom. The molecule has 9 nitrogen and oxygen atoms in total. The molecule has 0 radical (unpaired) electrons. The van der Waals surface area contributed by atoms with E-state index in [1.807, 2.05) is 6.92 Å². The predicted octanol–water partition coefficient (Wildman–Crippen LogP) is 2.69. The maximum Gasteiger partial charge on any atom is 0.513 e. The highest BCUT2D eigenvalue weighted by Crippen LogP contribution is 2.04. The van der Waals surface area contributed by atoms with E-state index in [1.54, 1.807) is 25.3 Å². The number of ether oxygens (including phenoxy) is 2. The second-order valence-corrected chi connectivity index (χ2v) is 5.05. The zero-order chi connectivity index (χ0) is 17.9. The van der Waals surface area contributed by atoms with E-state index in [4.69, 9.17) is 9.47 Å². The Kier molecular flexibility index (Phi) is 10.5. The van der Waals surface area contributed by atoms with Crippen LogP contribution in [0.3, 0.4) is 0 Å². The molecule has 1 rings (SSSR count). The van der Waals surface area contributed by atoms with Gasteiger partial charge in [-0.05, 0) is 25.8 Å². The van der Waals surface area contributed by atoms with Crippen molar-refractivity contribution < 1.29 is 33.6 Å². The number of aromatic nitrogens is 1. The number of pyridine rings is 1. The highest BCUT2D eigenvalue weighted by molar-refractivity contribution is 5.95. The van der Waals surface area contributed by atoms with Crippen LogP contribution in [0.25, 0.3) is 0 Å². The van der Waals surface area contributed by atoms with Gasteiger partial charge in [-0.2, -0.15) is 4.57 Å². The summed E-state index contributed by atoms with van der Waals surface area (Å²) in [6.07, 6.45) is 3.23. The highest BCUT2D eigenvalue weighted by Gasteiger charge is 2.14. The van der Waals surface area contributed by atoms with Crippen molar-refractivity contribution in [3.63, 3.8) is 0 Å². The Labute approximate surface area is 146 Å². The number of Topliss-reactive ketones (excluding diaryl/α,β-unsaturated/α-hetero) is 1. The third-order valence-electron chi connectivity index (χ3n) is 3.13. The summed E-state index contributed by atoms with van der Waals surface area (Å²) in [5.41, 5.74) is 0.414. The molecule has 1 heterocycles. The Balaban J connectivity index is 0.00000576. The van der Waals surface area contributed by atoms with Crippen LogP contribution in [0.2, 0.25) is 0 Å². The molecule has 9 heteroatoms. The highest BCUT2D eigenvalue weighted by atomic mass is 16.9. The molecule has 0 aromatic carbocycles. The molecule has 0 fully saturated rings. The van der Waals surface area contributed by atoms with Crippen LogP contribution in [0, 0.1) is 10.1 Å². The third-order valence-corrected chi connectivity index (χ3v) is 3.13. The van der Waals surface area contributed by atoms with Gasteiger partial charge >= 0.3 is 6.16 Å². The minimum atomic E-state index is -0.892. The number of nitrogens with zero attached hydrogens (tertiary/aromatic N) is 2. The Hall–Kier alpha value is -2.71. The SMILES string of the molecule is C.CC[C@@H](C)OC(=O)OC[n+]1cccc(C(=O)CCCO[N+](=O)[O-])c1. The minimum absolute atomic E-state index is 0. The molecule has 1 aromatic heterocycles. The second kappa shape index (κ2) is 11.8. The van der Waals surface area contributed by atoms with E-state index >= 15 is 0 Å². The fraction of sp³-hybridized carbons (Fsp3) is 0.562. The first-order valence-corrected chi connectivity index (χ1v) is 7.55. The quantitative estimate of drug-likeness (QED) is 0.158. The summed E-state index contributed by atoms with van der Waals surface area (Å²) in [4.78, 5) is 37.6. The van der Waals surface area contributed by atoms with Crippen LogP contribution in [0.1, 0.15) is 50.9 Å². The standard InChI is InChI=1S/C15H21N2O7.CH4/c1-3-12(2)24-15(19)22-11-16-8-4-6-13(10-16)14(18)7-5-9-23-17(20)21;/h4,6,8,10,12H,3,5,7,9,11H2,1-2H3;1H4/q+1;/t12-;/m1./s1. The summed E-state index contributed by atoms with van der Waals surface area (Å²) in [6.45, 7) is 3.44. The predicted molar refractivity (Wildman–Crippen MR) is 87.2 cm³/mol. The molecule has 0 saturated carbocycles. The van der Waals surface area contributed by atoms with Crippen molar-refractivity contribution in [3.05, 3.63) is 40.2 Å². The first kappa shape index (κ1) is 22.3. The van der Waals surface area contributed by atoms with Gasteiger partial charge in [0.25, 0.3) is 11.8 Å². The van der Waals surface area contributed by atoms with Crippen molar-refractivity contribution in [2.24, 2.45) is 0 Å². The van der Waals surface area contributed by atoms with Gasteiger partial charge in [0.2, 0.25) is 0 Å². The molecular formula is C16H25N2O7+. The average Bonchev–Trinajstić information content (AvgIpc) is 2.56. The van der Waals surface area contributed by atoms with E-state index in [0.717, 1.165) is 0 Å². The van der Waals surface area contributed by atoms with Crippen molar-refractivity contribution >= 4 is 11.9 Å². The van der Waals surface area contributed by atoms with Gasteiger partial charge in [-0.1, -0.05) is 14.4 Å². The summed E-state index contributed by atoms with van der Waals surface area (Å²) in [5.74, 6) is -0.182. The maximum atomic E-state index is 12.0. The van der Waals surface area contributed by atoms with Crippen LogP contribution in [0.5, 0.6) is 0 Å². The van der Waals surface area contributed by atoms with Gasteiger partial charge in [-0.3, -0.25) is 4.79 Å². The lowest BCUT2D eigenvalue weighted by Crippen LogP contribution is -2.36. The molecule has 0 unspecified atom stereocenters. The van der Waals surface area contributed by atoms with Crippen LogP contribution in [-0.2, 0) is 21.0 Å². The summed E-state index contributed by atoms with van der Waals surface area (Å²) in [5, 5.41) is 9.12. The van der Waals surface area contributed by atoms with Crippen molar-refractivity contribution in [2.75, 3.05) is 6.61 Å². The van der Waals surface area contributed by atoms with Gasteiger partial charge in [0, 0.05) is 12.5 Å². The van der Waals surface area contributed by atoms with Gasteiger partial charge < -0.3 is 14.3 Å². The molecule has 0 amide bonds. The molecule has 0 aliphatic rings. The smallest absolute Gasteiger partial charge is 0.431 e. The topological polar surface area (TPSA) is 109 Å². The number of ketones is 1. The van der Waals surface area contributed by atoms with Crippen molar-refractivity contribution in [1.29, 1.82) is 0 Å². The summed E-state index contributed by atoms with van der Waals surface area (Å²) in [7, 11) is 0. The van der Waals surface area contributed by atoms with Gasteiger partial charge in [-0.25, -0.2) is 4.79 Å². The third kappa shape index (κ3) is 9.23. The zero-order valence-corrected chi connectivity index (χ0v) is 13.7. The maximum absolute atomic E-state index is 12.0. The molecule has 0 spiro atoms. The van der Waals surface area contributed by atoms with Gasteiger partial charge in [0.05, 0.1) is 12.2 Å². The van der Waals surface area contributed by atoms with E-state index in [-0.39, 0.29) is 45.5 Å². The molecule has 1 atom stereocenters. The second-order valence-electron chi connectivity index (χ2n) is 5.05. The van der Waals surface area contributed by atoms with Crippen LogP contribution in [0.15, 0.2) is 24.5 Å². The lowest BCUT2D eigenvalue weighted by molar-refractivity contribution is -0.757. The van der Waals surface area contributed by atoms with E-state index < -0.39 is 11.2 Å². The van der Waals surface area contributed by atoms with Gasteiger partial charge in [0.15, 0.2) is 18.2 Å². The van der Waals surface area contributed by atoms with E-state index in [1.165, 1.54) is 10.8 Å². The Bertz CT molecular complexity index is 577. The minimum Gasteiger partial charge on any atom is -0.431 e. The summed E-state index contributed by atoms with van der Waals surface area (Å²) >= 11 is 0. The largest absolute Gasteiger partial charge is 0.513 e. The van der Waals surface area contributed by atoms with E-state index in [9.17, 15) is 19.7 Å². The molecule has 140 valence electrons. The molecule has 0 bridgehead atoms. The number of hydrogen-bond donors (Lipinski definition) is 0. The zero-order valence-electron chi connectivity index (χ0n) is 13.7. The number of rotatable bonds is 10. The molecular weight excluding hydrogens is 332 g/mol. The summed E-state index contributed by atoms with van der Waals surface area (Å²) in [6, 6.07) is 3.26. The molecule has 1 aromatic rings. The number of carbonyl (C=O) groups excluding carboxylic acids is 2. The monoisotopic (exact) mass is 357 g/mol. The van der Waals surface area contributed by atoms with Gasteiger partial charge in [-0.15, -0.1) is 10.1 Å². The van der Waals surface area contributed by atoms with Crippen LogP contribution in [0.4, 0.5) is 4.79 Å². The van der Waals surface area contributed by atoms with Crippen LogP contribution in [-0.4, -0.2) is 29.7 Å².